The Bertz CT molecular complexity index is 1260. The van der Waals surface area contributed by atoms with Crippen molar-refractivity contribution in [1.82, 2.24) is 0 Å². The topological polar surface area (TPSA) is 85.2 Å². The largest absolute Gasteiger partial charge is 0.465 e. The fourth-order valence-corrected chi connectivity index (χ4v) is 8.47. The summed E-state index contributed by atoms with van der Waals surface area (Å²) in [7, 11) is 1.24. The predicted octanol–water partition coefficient (Wildman–Crippen LogP) is 6.21. The van der Waals surface area contributed by atoms with Gasteiger partial charge in [-0.1, -0.05) is 38.5 Å². The van der Waals surface area contributed by atoms with E-state index in [0.29, 0.717) is 43.8 Å². The number of hydrogen-bond acceptors (Lipinski definition) is 6. The molecule has 0 spiro atoms. The summed E-state index contributed by atoms with van der Waals surface area (Å²) in [5, 5.41) is 23.5. The molecule has 5 rings (SSSR count). The van der Waals surface area contributed by atoms with E-state index in [-0.39, 0.29) is 36.8 Å². The molecule has 1 saturated heterocycles. The number of methoxy groups -OCH3 is 1. The lowest BCUT2D eigenvalue weighted by Gasteiger charge is -2.57. The molecule has 43 heavy (non-hydrogen) atoms. The average molecular weight is 617 g/mol. The number of benzene rings is 1. The van der Waals surface area contributed by atoms with Crippen molar-refractivity contribution in [3.63, 3.8) is 0 Å². The number of ether oxygens (including phenoxy) is 3. The van der Waals surface area contributed by atoms with Gasteiger partial charge in [-0.15, -0.1) is 0 Å². The van der Waals surface area contributed by atoms with Gasteiger partial charge in [0.15, 0.2) is 0 Å². The Labute approximate surface area is 248 Å². The van der Waals surface area contributed by atoms with Gasteiger partial charge >= 0.3 is 18.1 Å². The molecule has 3 unspecified atom stereocenters. The molecule has 3 aliphatic carbocycles. The Hall–Kier alpha value is -2.08. The zero-order valence-corrected chi connectivity index (χ0v) is 25.0. The second kappa shape index (κ2) is 10.8. The van der Waals surface area contributed by atoms with Crippen LogP contribution in [0.3, 0.4) is 0 Å². The molecule has 0 bridgehead atoms. The lowest BCUT2D eigenvalue weighted by molar-refractivity contribution is -0.362. The Kier molecular flexibility index (Phi) is 8.10. The lowest BCUT2D eigenvalue weighted by Crippen LogP contribution is -2.65. The fourth-order valence-electron chi connectivity index (χ4n) is 8.47. The number of fused-ring (bicyclic) bond motifs is 4. The molecule has 11 heteroatoms. The Morgan fingerprint density at radius 3 is 2.23 bits per heavy atom. The van der Waals surface area contributed by atoms with E-state index in [1.807, 2.05) is 13.8 Å². The summed E-state index contributed by atoms with van der Waals surface area (Å²) >= 11 is 0. The predicted molar refractivity (Wildman–Crippen MR) is 147 cm³/mol. The molecule has 2 saturated carbocycles. The molecule has 6 nitrogen and oxygen atoms in total. The van der Waals surface area contributed by atoms with E-state index in [1.165, 1.54) is 26.2 Å². The smallest absolute Gasteiger partial charge is 0.456 e. The van der Waals surface area contributed by atoms with Gasteiger partial charge in [-0.05, 0) is 73.6 Å². The summed E-state index contributed by atoms with van der Waals surface area (Å²) in [4.78, 5) is 12.1. The summed E-state index contributed by atoms with van der Waals surface area (Å²) in [5.74, 6) is -7.72. The van der Waals surface area contributed by atoms with Gasteiger partial charge in [-0.25, -0.2) is 4.79 Å². The normalized spacial score (nSPS) is 36.8. The first-order valence-corrected chi connectivity index (χ1v) is 14.9. The van der Waals surface area contributed by atoms with Crippen LogP contribution in [-0.4, -0.2) is 73.0 Å². The highest BCUT2D eigenvalue weighted by molar-refractivity contribution is 5.89. The van der Waals surface area contributed by atoms with Gasteiger partial charge in [0.1, 0.15) is 11.2 Å². The maximum Gasteiger partial charge on any atom is 0.456 e. The Morgan fingerprint density at radius 2 is 1.60 bits per heavy atom. The van der Waals surface area contributed by atoms with Crippen molar-refractivity contribution >= 4 is 5.97 Å². The van der Waals surface area contributed by atoms with Gasteiger partial charge < -0.3 is 24.4 Å². The van der Waals surface area contributed by atoms with Crippen LogP contribution < -0.4 is 0 Å². The second-order valence-electron chi connectivity index (χ2n) is 13.9. The summed E-state index contributed by atoms with van der Waals surface area (Å²) in [6.07, 6.45) is -5.91. The zero-order chi connectivity index (χ0) is 31.6. The van der Waals surface area contributed by atoms with E-state index in [9.17, 15) is 28.2 Å². The van der Waals surface area contributed by atoms with Crippen LogP contribution in [0, 0.1) is 22.7 Å². The van der Waals surface area contributed by atoms with Crippen molar-refractivity contribution < 1.29 is 51.2 Å². The highest BCUT2D eigenvalue weighted by Gasteiger charge is 2.79. The molecule has 6 atom stereocenters. The third kappa shape index (κ3) is 5.12. The first-order chi connectivity index (χ1) is 19.9. The molecule has 0 aromatic heterocycles. The number of esters is 1. The SMILES string of the molecule is COC(=O)c1ccc([C@H]2CC3(C)C(CC[C@@]3(O)C(F)(F)C(F)(F)F)C3CC[C@@]4(O)COCC(C)(C)COCCC4=C32)cc1. The molecule has 1 aliphatic heterocycles. The van der Waals surface area contributed by atoms with Crippen molar-refractivity contribution in [2.24, 2.45) is 22.7 Å². The molecule has 1 aromatic carbocycles. The molecule has 0 radical (unpaired) electrons. The van der Waals surface area contributed by atoms with E-state index in [1.54, 1.807) is 12.1 Å². The van der Waals surface area contributed by atoms with Crippen molar-refractivity contribution in [1.29, 1.82) is 0 Å². The highest BCUT2D eigenvalue weighted by atomic mass is 19.4. The fraction of sp³-hybridized carbons (Fsp3) is 0.719. The number of rotatable bonds is 3. The molecule has 1 aromatic rings. The van der Waals surface area contributed by atoms with Gasteiger partial charge in [-0.2, -0.15) is 22.0 Å². The van der Waals surface area contributed by atoms with E-state index < -0.39 is 58.9 Å². The minimum atomic E-state index is -5.93. The number of aliphatic hydroxyl groups is 2. The van der Waals surface area contributed by atoms with Crippen LogP contribution in [0.2, 0.25) is 0 Å². The molecule has 3 fully saturated rings. The van der Waals surface area contributed by atoms with Crippen LogP contribution in [0.4, 0.5) is 22.0 Å². The van der Waals surface area contributed by atoms with E-state index in [4.69, 9.17) is 14.2 Å². The summed E-state index contributed by atoms with van der Waals surface area (Å²) in [6, 6.07) is 6.34. The van der Waals surface area contributed by atoms with Crippen molar-refractivity contribution in [2.75, 3.05) is 33.5 Å². The average Bonchev–Trinajstić information content (AvgIpc) is 3.21. The highest BCUT2D eigenvalue weighted by Crippen LogP contribution is 2.70. The summed E-state index contributed by atoms with van der Waals surface area (Å²) in [5.41, 5.74) is -4.43. The molecule has 0 amide bonds. The summed E-state index contributed by atoms with van der Waals surface area (Å²) < 4.78 is 88.7. The van der Waals surface area contributed by atoms with Gasteiger partial charge in [0.05, 0.1) is 39.1 Å². The first-order valence-electron chi connectivity index (χ1n) is 14.9. The molecular weight excluding hydrogens is 575 g/mol. The van der Waals surface area contributed by atoms with Crippen molar-refractivity contribution in [3.05, 3.63) is 46.5 Å². The second-order valence-corrected chi connectivity index (χ2v) is 13.9. The maximum absolute atomic E-state index is 15.2. The summed E-state index contributed by atoms with van der Waals surface area (Å²) in [6.45, 7) is 6.46. The molecule has 2 N–H and O–H groups in total. The zero-order valence-electron chi connectivity index (χ0n) is 25.0. The molecular formula is C32H41F5O6. The van der Waals surface area contributed by atoms with E-state index in [2.05, 4.69) is 0 Å². The lowest BCUT2D eigenvalue weighted by atomic mass is 9.50. The van der Waals surface area contributed by atoms with E-state index >= 15 is 8.78 Å². The number of carbonyl (C=O) groups is 1. The van der Waals surface area contributed by atoms with E-state index in [0.717, 1.165) is 5.57 Å². The third-order valence-electron chi connectivity index (χ3n) is 10.7. The van der Waals surface area contributed by atoms with Gasteiger partial charge in [0, 0.05) is 16.7 Å². The van der Waals surface area contributed by atoms with Crippen LogP contribution in [0.15, 0.2) is 35.4 Å². The standard InChI is InChI=1S/C32H41F5O6/c1-27(2)16-42-14-11-24-25-21(9-12-29(24,39)18-43-17-27)23-10-13-30(40,31(33,34)32(35,36)37)28(23,3)15-22(25)19-5-7-20(8-6-19)26(38)41-4/h5-8,21-23,39-40H,9-18H2,1-4H3/t21?,22-,23?,28?,29-,30+/m1/s1. The number of hydrogen-bond donors (Lipinski definition) is 2. The number of alkyl halides is 5. The van der Waals surface area contributed by atoms with Gasteiger partial charge in [0.25, 0.3) is 0 Å². The number of allylic oxidation sites excluding steroid dienone is 1. The Morgan fingerprint density at radius 1 is 0.953 bits per heavy atom. The van der Waals surface area contributed by atoms with Crippen LogP contribution in [0.5, 0.6) is 0 Å². The van der Waals surface area contributed by atoms with Crippen LogP contribution in [0.1, 0.15) is 81.1 Å². The molecule has 240 valence electrons. The Balaban J connectivity index is 1.66. The minimum Gasteiger partial charge on any atom is -0.465 e. The first kappa shape index (κ1) is 32.3. The van der Waals surface area contributed by atoms with Gasteiger partial charge in [0.2, 0.25) is 0 Å². The number of halogens is 5. The maximum atomic E-state index is 15.2. The third-order valence-corrected chi connectivity index (χ3v) is 10.7. The van der Waals surface area contributed by atoms with Gasteiger partial charge in [-0.3, -0.25) is 0 Å². The number of carbonyl (C=O) groups excluding carboxylic acids is 1. The van der Waals surface area contributed by atoms with Crippen LogP contribution in [-0.2, 0) is 14.2 Å². The van der Waals surface area contributed by atoms with Crippen molar-refractivity contribution in [3.8, 4) is 0 Å². The monoisotopic (exact) mass is 616 g/mol. The molecule has 4 aliphatic rings. The minimum absolute atomic E-state index is 0.00622. The van der Waals surface area contributed by atoms with Crippen molar-refractivity contribution in [2.45, 2.75) is 88.5 Å². The van der Waals surface area contributed by atoms with Crippen LogP contribution >= 0.6 is 0 Å². The quantitative estimate of drug-likeness (QED) is 0.239. The molecule has 1 heterocycles. The van der Waals surface area contributed by atoms with Crippen LogP contribution in [0.25, 0.3) is 0 Å².